The second-order valence-electron chi connectivity index (χ2n) is 4.03. The molecule has 5 heteroatoms. The number of ether oxygens (including phenoxy) is 1. The molecule has 16 heavy (non-hydrogen) atoms. The first-order valence-electron chi connectivity index (χ1n) is 5.62. The third-order valence-electron chi connectivity index (χ3n) is 2.84. The maximum Gasteiger partial charge on any atom is 0.333 e. The average Bonchev–Trinajstić information content (AvgIpc) is 2.32. The lowest BCUT2D eigenvalue weighted by molar-refractivity contribution is 0.256. The Morgan fingerprint density at radius 1 is 1.38 bits per heavy atom. The Bertz CT molecular complexity index is 513. The number of hydrogen-bond donors (Lipinski definition) is 0. The van der Waals surface area contributed by atoms with Crippen LogP contribution in [-0.2, 0) is 20.0 Å². The summed E-state index contributed by atoms with van der Waals surface area (Å²) in [7, 11) is 1.65. The molecule has 1 aliphatic heterocycles. The molecule has 1 aromatic rings. The number of aromatic nitrogens is 2. The summed E-state index contributed by atoms with van der Waals surface area (Å²) in [6, 6.07) is 0. The Kier molecular flexibility index (Phi) is 2.85. The molecule has 0 radical (unpaired) electrons. The van der Waals surface area contributed by atoms with Crippen molar-refractivity contribution >= 4 is 0 Å². The van der Waals surface area contributed by atoms with Gasteiger partial charge in [0.25, 0.3) is 5.56 Å². The molecule has 0 saturated heterocycles. The lowest BCUT2D eigenvalue weighted by Gasteiger charge is -2.20. The van der Waals surface area contributed by atoms with Crippen molar-refractivity contribution in [3.05, 3.63) is 26.4 Å². The van der Waals surface area contributed by atoms with Gasteiger partial charge in [0.2, 0.25) is 5.88 Å². The number of fused-ring (bicyclic) bond motifs is 1. The van der Waals surface area contributed by atoms with Crippen LogP contribution in [0.4, 0.5) is 0 Å². The molecule has 2 rings (SSSR count). The normalized spacial score (nSPS) is 14.4. The largest absolute Gasteiger partial charge is 0.478 e. The average molecular weight is 224 g/mol. The zero-order chi connectivity index (χ0) is 11.7. The van der Waals surface area contributed by atoms with Crippen LogP contribution < -0.4 is 16.0 Å². The minimum Gasteiger partial charge on any atom is -0.478 e. The molecule has 88 valence electrons. The van der Waals surface area contributed by atoms with E-state index in [0.717, 1.165) is 12.8 Å². The monoisotopic (exact) mass is 224 g/mol. The van der Waals surface area contributed by atoms with Crippen molar-refractivity contribution in [2.45, 2.75) is 32.7 Å². The van der Waals surface area contributed by atoms with E-state index in [1.165, 1.54) is 9.13 Å². The Balaban J connectivity index is 2.71. The first kappa shape index (κ1) is 11.0. The number of hydrogen-bond acceptors (Lipinski definition) is 3. The fourth-order valence-corrected chi connectivity index (χ4v) is 2.05. The molecule has 0 amide bonds. The molecule has 2 heterocycles. The summed E-state index contributed by atoms with van der Waals surface area (Å²) in [4.78, 5) is 23.9. The van der Waals surface area contributed by atoms with Gasteiger partial charge in [0.15, 0.2) is 0 Å². The fraction of sp³-hybridized carbons (Fsp3) is 0.636. The summed E-state index contributed by atoms with van der Waals surface area (Å²) in [6.45, 7) is 3.00. The van der Waals surface area contributed by atoms with E-state index in [9.17, 15) is 9.59 Å². The highest BCUT2D eigenvalue weighted by molar-refractivity contribution is 5.26. The van der Waals surface area contributed by atoms with Gasteiger partial charge in [-0.05, 0) is 19.3 Å². The topological polar surface area (TPSA) is 53.2 Å². The van der Waals surface area contributed by atoms with Crippen molar-refractivity contribution < 1.29 is 4.74 Å². The van der Waals surface area contributed by atoms with Gasteiger partial charge in [-0.15, -0.1) is 0 Å². The van der Waals surface area contributed by atoms with Crippen LogP contribution in [0.2, 0.25) is 0 Å². The Morgan fingerprint density at radius 2 is 2.12 bits per heavy atom. The molecule has 1 aliphatic rings. The minimum absolute atomic E-state index is 0.181. The highest BCUT2D eigenvalue weighted by Gasteiger charge is 2.20. The lowest BCUT2D eigenvalue weighted by Crippen LogP contribution is -2.42. The summed E-state index contributed by atoms with van der Waals surface area (Å²) in [5.41, 5.74) is 0.175. The zero-order valence-electron chi connectivity index (χ0n) is 9.65. The van der Waals surface area contributed by atoms with E-state index >= 15 is 0 Å². The first-order chi connectivity index (χ1) is 7.66. The molecular formula is C11H16N2O3. The maximum absolute atomic E-state index is 12.0. The SMILES string of the molecule is CCCn1c(=O)c2c(n(C)c1=O)OCCC2. The van der Waals surface area contributed by atoms with E-state index in [0.29, 0.717) is 31.0 Å². The molecule has 0 N–H and O–H groups in total. The van der Waals surface area contributed by atoms with Crippen LogP contribution in [0.25, 0.3) is 0 Å². The Labute approximate surface area is 93.3 Å². The van der Waals surface area contributed by atoms with Crippen molar-refractivity contribution in [2.24, 2.45) is 7.05 Å². The van der Waals surface area contributed by atoms with Gasteiger partial charge in [-0.1, -0.05) is 6.92 Å². The second-order valence-corrected chi connectivity index (χ2v) is 4.03. The second kappa shape index (κ2) is 4.15. The quantitative estimate of drug-likeness (QED) is 0.725. The minimum atomic E-state index is -0.285. The van der Waals surface area contributed by atoms with Crippen LogP contribution in [0, 0.1) is 0 Å². The number of rotatable bonds is 2. The van der Waals surface area contributed by atoms with Crippen molar-refractivity contribution in [3.63, 3.8) is 0 Å². The van der Waals surface area contributed by atoms with Gasteiger partial charge in [0, 0.05) is 13.6 Å². The van der Waals surface area contributed by atoms with Gasteiger partial charge in [-0.2, -0.15) is 0 Å². The number of nitrogens with zero attached hydrogens (tertiary/aromatic N) is 2. The van der Waals surface area contributed by atoms with Crippen LogP contribution in [0.3, 0.4) is 0 Å². The predicted molar refractivity (Wildman–Crippen MR) is 60.1 cm³/mol. The molecule has 0 bridgehead atoms. The molecular weight excluding hydrogens is 208 g/mol. The smallest absolute Gasteiger partial charge is 0.333 e. The van der Waals surface area contributed by atoms with Crippen LogP contribution >= 0.6 is 0 Å². The molecule has 0 unspecified atom stereocenters. The molecule has 0 atom stereocenters. The maximum atomic E-state index is 12.0. The molecule has 5 nitrogen and oxygen atoms in total. The van der Waals surface area contributed by atoms with Gasteiger partial charge in [0.1, 0.15) is 0 Å². The van der Waals surface area contributed by atoms with E-state index in [1.54, 1.807) is 7.05 Å². The van der Waals surface area contributed by atoms with E-state index in [4.69, 9.17) is 4.74 Å². The Morgan fingerprint density at radius 3 is 2.81 bits per heavy atom. The third kappa shape index (κ3) is 1.56. The summed E-state index contributed by atoms with van der Waals surface area (Å²) in [5, 5.41) is 0. The molecule has 0 spiro atoms. The lowest BCUT2D eigenvalue weighted by atomic mass is 10.1. The molecule has 0 aromatic carbocycles. The molecule has 0 aliphatic carbocycles. The highest BCUT2D eigenvalue weighted by atomic mass is 16.5. The van der Waals surface area contributed by atoms with Crippen LogP contribution in [0.15, 0.2) is 9.59 Å². The van der Waals surface area contributed by atoms with Crippen molar-refractivity contribution in [1.29, 1.82) is 0 Å². The summed E-state index contributed by atoms with van der Waals surface area (Å²) in [5.74, 6) is 0.452. The van der Waals surface area contributed by atoms with Crippen molar-refractivity contribution in [1.82, 2.24) is 9.13 Å². The van der Waals surface area contributed by atoms with E-state index in [1.807, 2.05) is 6.92 Å². The van der Waals surface area contributed by atoms with Gasteiger partial charge in [-0.3, -0.25) is 13.9 Å². The molecule has 1 aromatic heterocycles. The van der Waals surface area contributed by atoms with E-state index < -0.39 is 0 Å². The van der Waals surface area contributed by atoms with Gasteiger partial charge < -0.3 is 4.74 Å². The standard InChI is InChI=1S/C11H16N2O3/c1-3-6-13-9(14)8-5-4-7-16-10(8)12(2)11(13)15/h3-7H2,1-2H3. The van der Waals surface area contributed by atoms with Crippen molar-refractivity contribution in [3.8, 4) is 5.88 Å². The van der Waals surface area contributed by atoms with E-state index in [2.05, 4.69) is 0 Å². The summed E-state index contributed by atoms with van der Waals surface area (Å²) < 4.78 is 8.13. The van der Waals surface area contributed by atoms with Gasteiger partial charge in [0.05, 0.1) is 12.2 Å². The van der Waals surface area contributed by atoms with E-state index in [-0.39, 0.29) is 11.2 Å². The highest BCUT2D eigenvalue weighted by Crippen LogP contribution is 2.18. The first-order valence-corrected chi connectivity index (χ1v) is 5.62. The van der Waals surface area contributed by atoms with Gasteiger partial charge >= 0.3 is 5.69 Å². The zero-order valence-corrected chi connectivity index (χ0v) is 9.65. The predicted octanol–water partition coefficient (Wildman–Crippen LogP) is 0.282. The molecule has 0 fully saturated rings. The fourth-order valence-electron chi connectivity index (χ4n) is 2.05. The summed E-state index contributed by atoms with van der Waals surface area (Å²) in [6.07, 6.45) is 2.31. The van der Waals surface area contributed by atoms with Crippen LogP contribution in [0.1, 0.15) is 25.3 Å². The Hall–Kier alpha value is -1.52. The van der Waals surface area contributed by atoms with Crippen LogP contribution in [-0.4, -0.2) is 15.7 Å². The van der Waals surface area contributed by atoms with Crippen LogP contribution in [0.5, 0.6) is 5.88 Å². The third-order valence-corrected chi connectivity index (χ3v) is 2.84. The van der Waals surface area contributed by atoms with Crippen molar-refractivity contribution in [2.75, 3.05) is 6.61 Å². The van der Waals surface area contributed by atoms with Gasteiger partial charge in [-0.25, -0.2) is 4.79 Å². The molecule has 0 saturated carbocycles. The summed E-state index contributed by atoms with van der Waals surface area (Å²) >= 11 is 0.